The first kappa shape index (κ1) is 17.8. The molecule has 0 aliphatic heterocycles. The summed E-state index contributed by atoms with van der Waals surface area (Å²) in [5, 5.41) is 10.8. The van der Waals surface area contributed by atoms with Crippen LogP contribution in [0, 0.1) is 0 Å². The van der Waals surface area contributed by atoms with Gasteiger partial charge >= 0.3 is 6.09 Å². The minimum Gasteiger partial charge on any atom is -0.444 e. The SMILES string of the molecule is CC(C)c1ccc(C2(O)CC(N(C)C(=O)OC(C)(C)C)C2)cc1. The first-order valence-corrected chi connectivity index (χ1v) is 8.30. The second kappa shape index (κ2) is 6.16. The summed E-state index contributed by atoms with van der Waals surface area (Å²) in [4.78, 5) is 13.7. The normalized spacial score (nSPS) is 24.3. The maximum Gasteiger partial charge on any atom is 0.410 e. The van der Waals surface area contributed by atoms with Gasteiger partial charge in [-0.25, -0.2) is 4.79 Å². The fourth-order valence-corrected chi connectivity index (χ4v) is 2.89. The highest BCUT2D eigenvalue weighted by Crippen LogP contribution is 2.44. The third-order valence-corrected chi connectivity index (χ3v) is 4.49. The smallest absolute Gasteiger partial charge is 0.410 e. The monoisotopic (exact) mass is 319 g/mol. The zero-order valence-electron chi connectivity index (χ0n) is 15.1. The van der Waals surface area contributed by atoms with E-state index in [1.54, 1.807) is 11.9 Å². The minimum absolute atomic E-state index is 0.0135. The lowest BCUT2D eigenvalue weighted by Crippen LogP contribution is -2.54. The summed E-state index contributed by atoms with van der Waals surface area (Å²) in [6.07, 6.45) is 0.757. The number of nitrogens with zero attached hydrogens (tertiary/aromatic N) is 1. The van der Waals surface area contributed by atoms with Gasteiger partial charge in [-0.3, -0.25) is 0 Å². The quantitative estimate of drug-likeness (QED) is 0.915. The van der Waals surface area contributed by atoms with E-state index in [1.807, 2.05) is 32.9 Å². The van der Waals surface area contributed by atoms with Gasteiger partial charge in [0, 0.05) is 25.9 Å². The van der Waals surface area contributed by atoms with Gasteiger partial charge in [0.2, 0.25) is 0 Å². The van der Waals surface area contributed by atoms with E-state index in [0.717, 1.165) is 5.56 Å². The number of hydrogen-bond donors (Lipinski definition) is 1. The molecular weight excluding hydrogens is 290 g/mol. The molecule has 2 rings (SSSR count). The van der Waals surface area contributed by atoms with Crippen LogP contribution in [-0.4, -0.2) is 34.8 Å². The third-order valence-electron chi connectivity index (χ3n) is 4.49. The Labute approximate surface area is 139 Å². The highest BCUT2D eigenvalue weighted by atomic mass is 16.6. The highest BCUT2D eigenvalue weighted by molar-refractivity contribution is 5.68. The predicted octanol–water partition coefficient (Wildman–Crippen LogP) is 4.03. The number of aliphatic hydroxyl groups is 1. The molecule has 0 aromatic heterocycles. The number of hydrogen-bond acceptors (Lipinski definition) is 3. The Morgan fingerprint density at radius 2 is 1.78 bits per heavy atom. The lowest BCUT2D eigenvalue weighted by atomic mass is 9.70. The maximum atomic E-state index is 12.1. The number of rotatable bonds is 3. The van der Waals surface area contributed by atoms with Gasteiger partial charge in [-0.1, -0.05) is 38.1 Å². The molecule has 0 heterocycles. The largest absolute Gasteiger partial charge is 0.444 e. The first-order valence-electron chi connectivity index (χ1n) is 8.30. The van der Waals surface area contributed by atoms with Crippen LogP contribution in [0.1, 0.15) is 64.5 Å². The molecule has 0 spiro atoms. The van der Waals surface area contributed by atoms with Gasteiger partial charge in [-0.05, 0) is 37.8 Å². The van der Waals surface area contributed by atoms with Gasteiger partial charge in [0.05, 0.1) is 5.60 Å². The minimum atomic E-state index is -0.837. The maximum absolute atomic E-state index is 12.1. The molecular formula is C19H29NO3. The van der Waals surface area contributed by atoms with Gasteiger partial charge in [-0.2, -0.15) is 0 Å². The van der Waals surface area contributed by atoms with Gasteiger partial charge in [0.1, 0.15) is 5.60 Å². The summed E-state index contributed by atoms with van der Waals surface area (Å²) in [6.45, 7) is 9.86. The van der Waals surface area contributed by atoms with Crippen LogP contribution in [-0.2, 0) is 10.3 Å². The molecule has 23 heavy (non-hydrogen) atoms. The van der Waals surface area contributed by atoms with E-state index in [0.29, 0.717) is 18.8 Å². The fourth-order valence-electron chi connectivity index (χ4n) is 2.89. The van der Waals surface area contributed by atoms with E-state index < -0.39 is 11.2 Å². The number of carbonyl (C=O) groups excluding carboxylic acids is 1. The fraction of sp³-hybridized carbons (Fsp3) is 0.632. The second-order valence-corrected chi connectivity index (χ2v) is 7.96. The van der Waals surface area contributed by atoms with Crippen molar-refractivity contribution < 1.29 is 14.6 Å². The summed E-state index contributed by atoms with van der Waals surface area (Å²) in [5.41, 5.74) is 0.851. The molecule has 4 heteroatoms. The van der Waals surface area contributed by atoms with Gasteiger partial charge < -0.3 is 14.7 Å². The summed E-state index contributed by atoms with van der Waals surface area (Å²) >= 11 is 0. The van der Waals surface area contributed by atoms with Crippen LogP contribution in [0.5, 0.6) is 0 Å². The van der Waals surface area contributed by atoms with Crippen LogP contribution in [0.15, 0.2) is 24.3 Å². The van der Waals surface area contributed by atoms with Crippen molar-refractivity contribution in [2.75, 3.05) is 7.05 Å². The van der Waals surface area contributed by atoms with Crippen LogP contribution >= 0.6 is 0 Å². The molecule has 128 valence electrons. The molecule has 1 aromatic carbocycles. The van der Waals surface area contributed by atoms with E-state index >= 15 is 0 Å². The molecule has 0 bridgehead atoms. The van der Waals surface area contributed by atoms with Gasteiger partial charge in [0.25, 0.3) is 0 Å². The standard InChI is InChI=1S/C19H29NO3/c1-13(2)14-7-9-15(10-8-14)19(22)11-16(12-19)20(6)17(21)23-18(3,4)5/h7-10,13,16,22H,11-12H2,1-6H3. The van der Waals surface area contributed by atoms with Crippen LogP contribution in [0.4, 0.5) is 4.79 Å². The molecule has 0 radical (unpaired) electrons. The second-order valence-electron chi connectivity index (χ2n) is 7.96. The first-order chi connectivity index (χ1) is 10.5. The van der Waals surface area contributed by atoms with Crippen LogP contribution < -0.4 is 0 Å². The number of amides is 1. The topological polar surface area (TPSA) is 49.8 Å². The lowest BCUT2D eigenvalue weighted by molar-refractivity contribution is -0.0926. The Bertz CT molecular complexity index is 551. The zero-order valence-corrected chi connectivity index (χ0v) is 15.1. The molecule has 1 aliphatic rings. The average molecular weight is 319 g/mol. The number of benzene rings is 1. The molecule has 4 nitrogen and oxygen atoms in total. The van der Waals surface area contributed by atoms with Crippen molar-refractivity contribution in [3.63, 3.8) is 0 Å². The van der Waals surface area contributed by atoms with E-state index in [2.05, 4.69) is 26.0 Å². The molecule has 0 atom stereocenters. The Hall–Kier alpha value is -1.55. The molecule has 1 N–H and O–H groups in total. The summed E-state index contributed by atoms with van der Waals surface area (Å²) in [6, 6.07) is 8.16. The summed E-state index contributed by atoms with van der Waals surface area (Å²) in [5.74, 6) is 0.478. The molecule has 1 aliphatic carbocycles. The van der Waals surface area contributed by atoms with E-state index in [9.17, 15) is 9.90 Å². The third kappa shape index (κ3) is 4.05. The molecule has 0 unspecified atom stereocenters. The van der Waals surface area contributed by atoms with E-state index in [1.165, 1.54) is 5.56 Å². The summed E-state index contributed by atoms with van der Waals surface area (Å²) in [7, 11) is 1.74. The average Bonchev–Trinajstić information content (AvgIpc) is 2.41. The van der Waals surface area contributed by atoms with Gasteiger partial charge in [0.15, 0.2) is 0 Å². The van der Waals surface area contributed by atoms with Crippen LogP contribution in [0.2, 0.25) is 0 Å². The van der Waals surface area contributed by atoms with Crippen LogP contribution in [0.3, 0.4) is 0 Å². The molecule has 0 saturated heterocycles. The van der Waals surface area contributed by atoms with Crippen molar-refractivity contribution in [2.24, 2.45) is 0 Å². The van der Waals surface area contributed by atoms with Crippen molar-refractivity contribution in [1.29, 1.82) is 0 Å². The van der Waals surface area contributed by atoms with Crippen molar-refractivity contribution in [2.45, 2.75) is 70.6 Å². The zero-order chi connectivity index (χ0) is 17.4. The predicted molar refractivity (Wildman–Crippen MR) is 91.4 cm³/mol. The molecule has 1 amide bonds. The van der Waals surface area contributed by atoms with Crippen molar-refractivity contribution >= 4 is 6.09 Å². The van der Waals surface area contributed by atoms with Gasteiger partial charge in [-0.15, -0.1) is 0 Å². The van der Waals surface area contributed by atoms with Crippen LogP contribution in [0.25, 0.3) is 0 Å². The van der Waals surface area contributed by atoms with E-state index in [4.69, 9.17) is 4.74 Å². The summed E-state index contributed by atoms with van der Waals surface area (Å²) < 4.78 is 5.38. The van der Waals surface area contributed by atoms with E-state index in [-0.39, 0.29) is 12.1 Å². The van der Waals surface area contributed by atoms with Crippen molar-refractivity contribution in [3.8, 4) is 0 Å². The number of carbonyl (C=O) groups is 1. The lowest BCUT2D eigenvalue weighted by Gasteiger charge is -2.47. The Kier molecular flexibility index (Phi) is 4.76. The molecule has 1 saturated carbocycles. The van der Waals surface area contributed by atoms with Crippen molar-refractivity contribution in [3.05, 3.63) is 35.4 Å². The molecule has 1 fully saturated rings. The number of ether oxygens (including phenoxy) is 1. The Morgan fingerprint density at radius 3 is 2.22 bits per heavy atom. The highest BCUT2D eigenvalue weighted by Gasteiger charge is 2.47. The Morgan fingerprint density at radius 1 is 1.26 bits per heavy atom. The van der Waals surface area contributed by atoms with Crippen molar-refractivity contribution in [1.82, 2.24) is 4.90 Å². The Balaban J connectivity index is 1.97. The molecule has 1 aromatic rings.